The Hall–Kier alpha value is -2.73. The predicted molar refractivity (Wildman–Crippen MR) is 99.6 cm³/mol. The first-order valence-electron chi connectivity index (χ1n) is 8.62. The second-order valence-corrected chi connectivity index (χ2v) is 6.97. The summed E-state index contributed by atoms with van der Waals surface area (Å²) in [5, 5.41) is 3.01. The molecule has 5 nitrogen and oxygen atoms in total. The third-order valence-corrected chi connectivity index (χ3v) is 5.23. The Morgan fingerprint density at radius 2 is 1.31 bits per heavy atom. The number of nitrogens with zero attached hydrogens (tertiary/aromatic N) is 1. The highest BCUT2D eigenvalue weighted by Crippen LogP contribution is 2.38. The summed E-state index contributed by atoms with van der Waals surface area (Å²) in [6, 6.07) is 11.9. The summed E-state index contributed by atoms with van der Waals surface area (Å²) < 4.78 is 22.7. The summed E-state index contributed by atoms with van der Waals surface area (Å²) in [7, 11) is 0. The number of fused-ring (bicyclic) bond motifs is 2. The molecule has 3 aromatic rings. The molecule has 0 radical (unpaired) electrons. The molecule has 0 unspecified atom stereocenters. The maximum atomic E-state index is 5.78. The van der Waals surface area contributed by atoms with Crippen molar-refractivity contribution in [3.8, 4) is 44.8 Å². The van der Waals surface area contributed by atoms with Crippen molar-refractivity contribution in [3.63, 3.8) is 0 Å². The van der Waals surface area contributed by atoms with E-state index in [2.05, 4.69) is 5.38 Å². The maximum Gasteiger partial charge on any atom is 0.162 e. The van der Waals surface area contributed by atoms with E-state index in [-0.39, 0.29) is 0 Å². The minimum atomic E-state index is 0.580. The Morgan fingerprint density at radius 3 is 2.12 bits per heavy atom. The van der Waals surface area contributed by atoms with Crippen molar-refractivity contribution >= 4 is 11.3 Å². The SMILES string of the molecule is c1cc2c(cc1-c1csc(-c3ccc4c(c3)OCCO4)n1)OCCCO2. The van der Waals surface area contributed by atoms with Crippen LogP contribution in [0.4, 0.5) is 0 Å². The van der Waals surface area contributed by atoms with Crippen LogP contribution in [0.15, 0.2) is 41.8 Å². The molecule has 0 saturated carbocycles. The molecule has 0 aliphatic carbocycles. The van der Waals surface area contributed by atoms with E-state index in [0.29, 0.717) is 26.4 Å². The van der Waals surface area contributed by atoms with Crippen LogP contribution in [0.5, 0.6) is 23.0 Å². The number of thiazole rings is 1. The van der Waals surface area contributed by atoms with Gasteiger partial charge in [-0.15, -0.1) is 11.3 Å². The highest BCUT2D eigenvalue weighted by atomic mass is 32.1. The molecule has 0 saturated heterocycles. The zero-order chi connectivity index (χ0) is 17.3. The van der Waals surface area contributed by atoms with E-state index in [4.69, 9.17) is 23.9 Å². The Morgan fingerprint density at radius 1 is 0.692 bits per heavy atom. The zero-order valence-electron chi connectivity index (χ0n) is 14.1. The van der Waals surface area contributed by atoms with E-state index in [1.54, 1.807) is 11.3 Å². The van der Waals surface area contributed by atoms with E-state index in [1.165, 1.54) is 0 Å². The lowest BCUT2D eigenvalue weighted by Crippen LogP contribution is -2.15. The molecule has 3 heterocycles. The van der Waals surface area contributed by atoms with Gasteiger partial charge in [-0.3, -0.25) is 0 Å². The van der Waals surface area contributed by atoms with Gasteiger partial charge in [0.05, 0.1) is 18.9 Å². The summed E-state index contributed by atoms with van der Waals surface area (Å²) in [6.07, 6.45) is 0.898. The van der Waals surface area contributed by atoms with Gasteiger partial charge < -0.3 is 18.9 Å². The Bertz CT molecular complexity index is 953. The van der Waals surface area contributed by atoms with Crippen LogP contribution in [-0.4, -0.2) is 31.4 Å². The highest BCUT2D eigenvalue weighted by molar-refractivity contribution is 7.13. The van der Waals surface area contributed by atoms with Crippen LogP contribution >= 0.6 is 11.3 Å². The molecule has 2 aromatic carbocycles. The fourth-order valence-corrected chi connectivity index (χ4v) is 3.86. The zero-order valence-corrected chi connectivity index (χ0v) is 14.9. The van der Waals surface area contributed by atoms with Gasteiger partial charge in [0, 0.05) is 22.9 Å². The van der Waals surface area contributed by atoms with Crippen LogP contribution in [-0.2, 0) is 0 Å². The quantitative estimate of drug-likeness (QED) is 0.671. The first kappa shape index (κ1) is 15.5. The van der Waals surface area contributed by atoms with Crippen LogP contribution in [0.25, 0.3) is 21.8 Å². The monoisotopic (exact) mass is 367 g/mol. The van der Waals surface area contributed by atoms with Crippen LogP contribution in [0, 0.1) is 0 Å². The number of rotatable bonds is 2. The molecule has 0 fully saturated rings. The van der Waals surface area contributed by atoms with Crippen LogP contribution in [0.3, 0.4) is 0 Å². The Labute approximate surface area is 155 Å². The van der Waals surface area contributed by atoms with E-state index in [0.717, 1.165) is 51.2 Å². The summed E-state index contributed by atoms with van der Waals surface area (Å²) in [6.45, 7) is 2.54. The minimum Gasteiger partial charge on any atom is -0.490 e. The fraction of sp³-hybridized carbons (Fsp3) is 0.250. The Balaban J connectivity index is 1.46. The van der Waals surface area contributed by atoms with Crippen LogP contribution < -0.4 is 18.9 Å². The molecule has 0 spiro atoms. The first-order valence-corrected chi connectivity index (χ1v) is 9.50. The van der Waals surface area contributed by atoms with Crippen molar-refractivity contribution in [2.45, 2.75) is 6.42 Å². The van der Waals surface area contributed by atoms with E-state index >= 15 is 0 Å². The fourth-order valence-electron chi connectivity index (χ4n) is 3.04. The average molecular weight is 367 g/mol. The second kappa shape index (κ2) is 6.53. The van der Waals surface area contributed by atoms with E-state index in [1.807, 2.05) is 36.4 Å². The highest BCUT2D eigenvalue weighted by Gasteiger charge is 2.16. The lowest BCUT2D eigenvalue weighted by atomic mass is 10.1. The molecular formula is C20H17NO4S. The average Bonchev–Trinajstić information content (AvgIpc) is 3.07. The lowest BCUT2D eigenvalue weighted by molar-refractivity contribution is 0.171. The molecule has 0 atom stereocenters. The maximum absolute atomic E-state index is 5.78. The summed E-state index contributed by atoms with van der Waals surface area (Å²) >= 11 is 1.61. The molecule has 5 rings (SSSR count). The number of hydrogen-bond donors (Lipinski definition) is 0. The third-order valence-electron chi connectivity index (χ3n) is 4.34. The summed E-state index contributed by atoms with van der Waals surface area (Å²) in [5.41, 5.74) is 2.98. The van der Waals surface area contributed by atoms with Crippen molar-refractivity contribution < 1.29 is 18.9 Å². The third kappa shape index (κ3) is 2.86. The van der Waals surface area contributed by atoms with Crippen molar-refractivity contribution in [2.75, 3.05) is 26.4 Å². The lowest BCUT2D eigenvalue weighted by Gasteiger charge is -2.18. The van der Waals surface area contributed by atoms with Gasteiger partial charge in [0.15, 0.2) is 23.0 Å². The van der Waals surface area contributed by atoms with Crippen molar-refractivity contribution in [1.29, 1.82) is 0 Å². The van der Waals surface area contributed by atoms with Gasteiger partial charge in [0.2, 0.25) is 0 Å². The van der Waals surface area contributed by atoms with Crippen LogP contribution in [0.2, 0.25) is 0 Å². The molecule has 0 N–H and O–H groups in total. The number of aromatic nitrogens is 1. The molecule has 2 aliphatic heterocycles. The van der Waals surface area contributed by atoms with Crippen molar-refractivity contribution in [1.82, 2.24) is 4.98 Å². The number of benzene rings is 2. The molecule has 0 amide bonds. The van der Waals surface area contributed by atoms with Gasteiger partial charge in [-0.1, -0.05) is 0 Å². The van der Waals surface area contributed by atoms with Gasteiger partial charge in [-0.2, -0.15) is 0 Å². The van der Waals surface area contributed by atoms with Gasteiger partial charge >= 0.3 is 0 Å². The van der Waals surface area contributed by atoms with E-state index < -0.39 is 0 Å². The molecule has 1 aromatic heterocycles. The summed E-state index contributed by atoms with van der Waals surface area (Å²) in [5.74, 6) is 3.16. The van der Waals surface area contributed by atoms with Gasteiger partial charge in [0.25, 0.3) is 0 Å². The normalized spacial score (nSPS) is 15.4. The van der Waals surface area contributed by atoms with Crippen molar-refractivity contribution in [3.05, 3.63) is 41.8 Å². The molecule has 0 bridgehead atoms. The largest absolute Gasteiger partial charge is 0.490 e. The van der Waals surface area contributed by atoms with Gasteiger partial charge in [-0.25, -0.2) is 4.98 Å². The predicted octanol–water partition coefficient (Wildman–Crippen LogP) is 4.41. The van der Waals surface area contributed by atoms with Gasteiger partial charge in [0.1, 0.15) is 18.2 Å². The van der Waals surface area contributed by atoms with Crippen LogP contribution in [0.1, 0.15) is 6.42 Å². The Kier molecular flexibility index (Phi) is 3.90. The molecule has 6 heteroatoms. The molecule has 2 aliphatic rings. The van der Waals surface area contributed by atoms with Crippen molar-refractivity contribution in [2.24, 2.45) is 0 Å². The molecule has 132 valence electrons. The summed E-state index contributed by atoms with van der Waals surface area (Å²) in [4.78, 5) is 4.80. The molecule has 26 heavy (non-hydrogen) atoms. The minimum absolute atomic E-state index is 0.580. The smallest absolute Gasteiger partial charge is 0.162 e. The molecular weight excluding hydrogens is 350 g/mol. The first-order chi connectivity index (χ1) is 12.9. The van der Waals surface area contributed by atoms with E-state index in [9.17, 15) is 0 Å². The second-order valence-electron chi connectivity index (χ2n) is 6.11. The van der Waals surface area contributed by atoms with Gasteiger partial charge in [-0.05, 0) is 36.4 Å². The number of hydrogen-bond acceptors (Lipinski definition) is 6. The standard InChI is InChI=1S/C20H17NO4S/c1-6-22-16-4-2-13(10-18(16)23-7-1)15-12-26-20(21-15)14-3-5-17-19(11-14)25-9-8-24-17/h2-5,10-12H,1,6-9H2. The number of ether oxygens (including phenoxy) is 4. The topological polar surface area (TPSA) is 49.8 Å².